The van der Waals surface area contributed by atoms with E-state index in [0.29, 0.717) is 5.92 Å². The molecular formula is C11H15BrOS. The monoisotopic (exact) mass is 274 g/mol. The van der Waals surface area contributed by atoms with Gasteiger partial charge in [-0.25, -0.2) is 0 Å². The van der Waals surface area contributed by atoms with Crippen molar-refractivity contribution in [2.75, 3.05) is 0 Å². The van der Waals surface area contributed by atoms with Gasteiger partial charge >= 0.3 is 0 Å². The summed E-state index contributed by atoms with van der Waals surface area (Å²) in [6.45, 7) is 2.17. The maximum absolute atomic E-state index is 10.1. The van der Waals surface area contributed by atoms with Crippen LogP contribution in [0, 0.1) is 11.8 Å². The Hall–Kier alpha value is 0.140. The lowest BCUT2D eigenvalue weighted by Crippen LogP contribution is -2.24. The largest absolute Gasteiger partial charge is 0.387 e. The molecule has 1 aliphatic carbocycles. The Balaban J connectivity index is 2.03. The van der Waals surface area contributed by atoms with E-state index >= 15 is 0 Å². The van der Waals surface area contributed by atoms with Gasteiger partial charge in [-0.15, -0.1) is 11.3 Å². The van der Waals surface area contributed by atoms with Crippen molar-refractivity contribution in [1.29, 1.82) is 0 Å². The number of thiophene rings is 1. The quantitative estimate of drug-likeness (QED) is 0.884. The van der Waals surface area contributed by atoms with E-state index < -0.39 is 0 Å². The maximum Gasteiger partial charge on any atom is 0.0910 e. The normalized spacial score (nSPS) is 21.6. The maximum atomic E-state index is 10.1. The van der Waals surface area contributed by atoms with Gasteiger partial charge in [0.05, 0.1) is 9.89 Å². The second-order valence-corrected chi connectivity index (χ2v) is 6.63. The topological polar surface area (TPSA) is 20.2 Å². The molecule has 1 aliphatic rings. The van der Waals surface area contributed by atoms with E-state index in [1.54, 1.807) is 11.3 Å². The lowest BCUT2D eigenvalue weighted by molar-refractivity contribution is 0.0559. The van der Waals surface area contributed by atoms with Crippen LogP contribution in [0.2, 0.25) is 0 Å². The fourth-order valence-corrected chi connectivity index (χ4v) is 3.50. The molecule has 0 spiro atoms. The number of halogens is 1. The third-order valence-electron chi connectivity index (χ3n) is 3.28. The van der Waals surface area contributed by atoms with Crippen molar-refractivity contribution in [3.63, 3.8) is 0 Å². The van der Waals surface area contributed by atoms with E-state index in [-0.39, 0.29) is 6.10 Å². The number of hydrogen-bond donors (Lipinski definition) is 1. The minimum atomic E-state index is -0.267. The summed E-state index contributed by atoms with van der Waals surface area (Å²) in [5.74, 6) is 1.15. The van der Waals surface area contributed by atoms with Crippen molar-refractivity contribution >= 4 is 27.3 Å². The Morgan fingerprint density at radius 3 is 2.64 bits per heavy atom. The van der Waals surface area contributed by atoms with Crippen molar-refractivity contribution in [3.05, 3.63) is 20.8 Å². The molecule has 2 unspecified atom stereocenters. The van der Waals surface area contributed by atoms with Gasteiger partial charge in [-0.3, -0.25) is 0 Å². The van der Waals surface area contributed by atoms with Gasteiger partial charge in [0.15, 0.2) is 0 Å². The van der Waals surface area contributed by atoms with Gasteiger partial charge in [0.25, 0.3) is 0 Å². The second kappa shape index (κ2) is 4.33. The highest BCUT2D eigenvalue weighted by atomic mass is 79.9. The van der Waals surface area contributed by atoms with Gasteiger partial charge in [0.1, 0.15) is 0 Å². The molecular weight excluding hydrogens is 260 g/mol. The van der Waals surface area contributed by atoms with Crippen molar-refractivity contribution in [1.82, 2.24) is 0 Å². The second-order valence-electron chi connectivity index (χ2n) is 4.14. The fourth-order valence-electron chi connectivity index (χ4n) is 1.97. The summed E-state index contributed by atoms with van der Waals surface area (Å²) in [6, 6.07) is 4.03. The minimum absolute atomic E-state index is 0.267. The molecule has 14 heavy (non-hydrogen) atoms. The number of aliphatic hydroxyl groups excluding tert-OH is 1. The first-order valence-electron chi connectivity index (χ1n) is 5.12. The number of aliphatic hydroxyl groups is 1. The Bertz CT molecular complexity index is 306. The van der Waals surface area contributed by atoms with Crippen LogP contribution in [0.25, 0.3) is 0 Å². The molecule has 2 rings (SSSR count). The van der Waals surface area contributed by atoms with Gasteiger partial charge in [-0.2, -0.15) is 0 Å². The smallest absolute Gasteiger partial charge is 0.0910 e. The molecule has 78 valence electrons. The number of hydrogen-bond acceptors (Lipinski definition) is 2. The standard InChI is InChI=1S/C11H15BrOS/c1-7(8-3-2-4-8)11(13)9-5-6-10(12)14-9/h5-8,11,13H,2-4H2,1H3. The summed E-state index contributed by atoms with van der Waals surface area (Å²) in [5, 5.41) is 10.1. The van der Waals surface area contributed by atoms with E-state index in [2.05, 4.69) is 22.9 Å². The van der Waals surface area contributed by atoms with Gasteiger partial charge < -0.3 is 5.11 Å². The van der Waals surface area contributed by atoms with Crippen LogP contribution in [0.1, 0.15) is 37.2 Å². The average Bonchev–Trinajstić information content (AvgIpc) is 2.47. The molecule has 0 aliphatic heterocycles. The molecule has 1 aromatic rings. The van der Waals surface area contributed by atoms with Crippen LogP contribution >= 0.6 is 27.3 Å². The Kier molecular flexibility index (Phi) is 3.30. The molecule has 3 heteroatoms. The summed E-state index contributed by atoms with van der Waals surface area (Å²) < 4.78 is 1.10. The van der Waals surface area contributed by atoms with Gasteiger partial charge in [0, 0.05) is 4.88 Å². The minimum Gasteiger partial charge on any atom is -0.387 e. The zero-order chi connectivity index (χ0) is 10.1. The summed E-state index contributed by atoms with van der Waals surface area (Å²) in [5.41, 5.74) is 0. The van der Waals surface area contributed by atoms with Crippen LogP contribution in [0.5, 0.6) is 0 Å². The Labute approximate surface area is 97.3 Å². The molecule has 1 fully saturated rings. The summed E-state index contributed by atoms with van der Waals surface area (Å²) in [4.78, 5) is 1.09. The van der Waals surface area contributed by atoms with E-state index in [9.17, 15) is 5.11 Å². The highest BCUT2D eigenvalue weighted by Crippen LogP contribution is 2.41. The van der Waals surface area contributed by atoms with Crippen molar-refractivity contribution in [2.24, 2.45) is 11.8 Å². The molecule has 1 saturated carbocycles. The predicted molar refractivity (Wildman–Crippen MR) is 63.5 cm³/mol. The van der Waals surface area contributed by atoms with Crippen molar-refractivity contribution < 1.29 is 5.11 Å². The first kappa shape index (κ1) is 10.7. The van der Waals surface area contributed by atoms with Gasteiger partial charge in [-0.05, 0) is 39.9 Å². The SMILES string of the molecule is CC(C1CCC1)C(O)c1ccc(Br)s1. The Morgan fingerprint density at radius 2 is 2.21 bits per heavy atom. The van der Waals surface area contributed by atoms with Crippen molar-refractivity contribution in [2.45, 2.75) is 32.3 Å². The molecule has 0 radical (unpaired) electrons. The zero-order valence-electron chi connectivity index (χ0n) is 8.24. The molecule has 1 N–H and O–H groups in total. The van der Waals surface area contributed by atoms with Crippen LogP contribution < -0.4 is 0 Å². The third kappa shape index (κ3) is 2.05. The molecule has 0 amide bonds. The summed E-state index contributed by atoms with van der Waals surface area (Å²) >= 11 is 5.07. The van der Waals surface area contributed by atoms with Crippen LogP contribution in [0.3, 0.4) is 0 Å². The molecule has 0 bridgehead atoms. The highest BCUT2D eigenvalue weighted by Gasteiger charge is 2.30. The van der Waals surface area contributed by atoms with E-state index in [4.69, 9.17) is 0 Å². The van der Waals surface area contributed by atoms with Crippen LogP contribution in [-0.2, 0) is 0 Å². The van der Waals surface area contributed by atoms with Crippen LogP contribution in [0.15, 0.2) is 15.9 Å². The summed E-state index contributed by atoms with van der Waals surface area (Å²) in [7, 11) is 0. The predicted octanol–water partition coefficient (Wildman–Crippen LogP) is 3.98. The average molecular weight is 275 g/mol. The first-order chi connectivity index (χ1) is 6.68. The van der Waals surface area contributed by atoms with Gasteiger partial charge in [0.2, 0.25) is 0 Å². The zero-order valence-corrected chi connectivity index (χ0v) is 10.6. The molecule has 1 heterocycles. The molecule has 0 aromatic carbocycles. The summed E-state index contributed by atoms with van der Waals surface area (Å²) in [6.07, 6.45) is 3.67. The molecule has 1 nitrogen and oxygen atoms in total. The van der Waals surface area contributed by atoms with E-state index in [1.165, 1.54) is 19.3 Å². The van der Waals surface area contributed by atoms with Crippen LogP contribution in [0.4, 0.5) is 0 Å². The Morgan fingerprint density at radius 1 is 1.50 bits per heavy atom. The molecule has 1 aromatic heterocycles. The van der Waals surface area contributed by atoms with E-state index in [1.807, 2.05) is 12.1 Å². The highest BCUT2D eigenvalue weighted by molar-refractivity contribution is 9.11. The first-order valence-corrected chi connectivity index (χ1v) is 6.72. The van der Waals surface area contributed by atoms with E-state index in [0.717, 1.165) is 14.6 Å². The molecule has 0 saturated heterocycles. The third-order valence-corrected chi connectivity index (χ3v) is 4.97. The van der Waals surface area contributed by atoms with Crippen molar-refractivity contribution in [3.8, 4) is 0 Å². The fraction of sp³-hybridized carbons (Fsp3) is 0.636. The lowest BCUT2D eigenvalue weighted by atomic mass is 9.74. The number of rotatable bonds is 3. The lowest BCUT2D eigenvalue weighted by Gasteiger charge is -2.33. The van der Waals surface area contributed by atoms with Gasteiger partial charge in [-0.1, -0.05) is 26.2 Å². The van der Waals surface area contributed by atoms with Crippen LogP contribution in [-0.4, -0.2) is 5.11 Å². The molecule has 2 atom stereocenters.